The molecule has 0 amide bonds. The Morgan fingerprint density at radius 2 is 2.26 bits per heavy atom. The molecule has 100 valence electrons. The molecular formula is C15H18N2O2. The highest BCUT2D eigenvalue weighted by molar-refractivity contribution is 5.87. The van der Waals surface area contributed by atoms with Gasteiger partial charge in [0.05, 0.1) is 7.11 Å². The maximum Gasteiger partial charge on any atom is 0.221 e. The monoisotopic (exact) mass is 258 g/mol. The smallest absolute Gasteiger partial charge is 0.221 e. The Hall–Kier alpha value is -1.81. The third kappa shape index (κ3) is 2.63. The number of piperidine rings is 1. The van der Waals surface area contributed by atoms with E-state index in [4.69, 9.17) is 9.47 Å². The summed E-state index contributed by atoms with van der Waals surface area (Å²) >= 11 is 0. The maximum atomic E-state index is 6.04. The molecule has 1 fully saturated rings. The molecule has 1 aliphatic heterocycles. The highest BCUT2D eigenvalue weighted by Crippen LogP contribution is 2.28. The van der Waals surface area contributed by atoms with E-state index in [1.54, 1.807) is 13.3 Å². The van der Waals surface area contributed by atoms with Crippen LogP contribution in [0.3, 0.4) is 0 Å². The van der Waals surface area contributed by atoms with E-state index in [-0.39, 0.29) is 6.10 Å². The van der Waals surface area contributed by atoms with Gasteiger partial charge in [0.15, 0.2) is 0 Å². The van der Waals surface area contributed by atoms with Crippen LogP contribution in [0.25, 0.3) is 10.8 Å². The molecule has 2 heterocycles. The fraction of sp³-hybridized carbons (Fsp3) is 0.400. The first-order chi connectivity index (χ1) is 9.36. The van der Waals surface area contributed by atoms with Crippen LogP contribution in [0.4, 0.5) is 0 Å². The number of nitrogens with one attached hydrogen (secondary N) is 1. The van der Waals surface area contributed by atoms with Gasteiger partial charge in [-0.2, -0.15) is 0 Å². The summed E-state index contributed by atoms with van der Waals surface area (Å²) < 4.78 is 11.3. The molecule has 0 saturated carbocycles. The molecule has 0 spiro atoms. The number of rotatable bonds is 3. The molecule has 1 atom stereocenters. The summed E-state index contributed by atoms with van der Waals surface area (Å²) in [6.07, 6.45) is 4.23. The van der Waals surface area contributed by atoms with Gasteiger partial charge in [-0.1, -0.05) is 6.07 Å². The number of fused-ring (bicyclic) bond motifs is 1. The average Bonchev–Trinajstić information content (AvgIpc) is 2.48. The lowest BCUT2D eigenvalue weighted by Gasteiger charge is -2.23. The highest BCUT2D eigenvalue weighted by Gasteiger charge is 2.16. The van der Waals surface area contributed by atoms with Crippen molar-refractivity contribution < 1.29 is 9.47 Å². The van der Waals surface area contributed by atoms with Crippen molar-refractivity contribution in [3.05, 3.63) is 30.5 Å². The zero-order valence-corrected chi connectivity index (χ0v) is 11.1. The van der Waals surface area contributed by atoms with E-state index >= 15 is 0 Å². The van der Waals surface area contributed by atoms with Crippen LogP contribution in [0, 0.1) is 0 Å². The minimum Gasteiger partial charge on any atom is -0.497 e. The molecule has 4 nitrogen and oxygen atoms in total. The van der Waals surface area contributed by atoms with Crippen LogP contribution in [0.15, 0.2) is 30.5 Å². The number of pyridine rings is 1. The normalized spacial score (nSPS) is 19.3. The van der Waals surface area contributed by atoms with Gasteiger partial charge in [0.25, 0.3) is 0 Å². The molecule has 1 aromatic heterocycles. The molecule has 0 unspecified atom stereocenters. The molecule has 1 saturated heterocycles. The predicted molar refractivity (Wildman–Crippen MR) is 74.8 cm³/mol. The third-order valence-corrected chi connectivity index (χ3v) is 3.47. The van der Waals surface area contributed by atoms with E-state index < -0.39 is 0 Å². The van der Waals surface area contributed by atoms with Gasteiger partial charge < -0.3 is 14.8 Å². The van der Waals surface area contributed by atoms with Crippen molar-refractivity contribution in [1.82, 2.24) is 10.3 Å². The first kappa shape index (κ1) is 12.2. The number of nitrogens with zero attached hydrogens (tertiary/aromatic N) is 1. The van der Waals surface area contributed by atoms with Crippen molar-refractivity contribution in [1.29, 1.82) is 0 Å². The summed E-state index contributed by atoms with van der Waals surface area (Å²) in [5, 5.41) is 5.48. The summed E-state index contributed by atoms with van der Waals surface area (Å²) in [6.45, 7) is 1.97. The van der Waals surface area contributed by atoms with E-state index in [2.05, 4.69) is 10.3 Å². The number of hydrogen-bond donors (Lipinski definition) is 1. The zero-order valence-electron chi connectivity index (χ0n) is 11.1. The van der Waals surface area contributed by atoms with Gasteiger partial charge in [-0.05, 0) is 43.0 Å². The average molecular weight is 258 g/mol. The Balaban J connectivity index is 1.92. The second-order valence-corrected chi connectivity index (χ2v) is 4.79. The summed E-state index contributed by atoms with van der Waals surface area (Å²) in [4.78, 5) is 4.37. The lowest BCUT2D eigenvalue weighted by molar-refractivity contribution is 0.163. The first-order valence-electron chi connectivity index (χ1n) is 6.67. The van der Waals surface area contributed by atoms with E-state index in [0.29, 0.717) is 5.88 Å². The van der Waals surface area contributed by atoms with Gasteiger partial charge in [0.2, 0.25) is 5.88 Å². The van der Waals surface area contributed by atoms with Gasteiger partial charge in [0.1, 0.15) is 11.9 Å². The minimum absolute atomic E-state index is 0.207. The molecule has 0 bridgehead atoms. The van der Waals surface area contributed by atoms with Gasteiger partial charge in [-0.3, -0.25) is 0 Å². The highest BCUT2D eigenvalue weighted by atomic mass is 16.5. The van der Waals surface area contributed by atoms with Crippen molar-refractivity contribution in [2.24, 2.45) is 0 Å². The molecule has 19 heavy (non-hydrogen) atoms. The summed E-state index contributed by atoms with van der Waals surface area (Å²) in [5.74, 6) is 1.53. The van der Waals surface area contributed by atoms with Crippen LogP contribution in [0.5, 0.6) is 11.6 Å². The first-order valence-corrected chi connectivity index (χ1v) is 6.67. The van der Waals surface area contributed by atoms with E-state index in [1.165, 1.54) is 0 Å². The molecular weight excluding hydrogens is 240 g/mol. The van der Waals surface area contributed by atoms with E-state index in [0.717, 1.165) is 42.5 Å². The standard InChI is InChI=1S/C15H18N2O2/c1-18-12-5-4-11-6-8-17-15(14(11)9-12)19-13-3-2-7-16-10-13/h4-6,8-9,13,16H,2-3,7,10H2,1H3/t13-/m0/s1. The molecule has 4 heteroatoms. The zero-order chi connectivity index (χ0) is 13.1. The van der Waals surface area contributed by atoms with E-state index in [1.807, 2.05) is 24.3 Å². The van der Waals surface area contributed by atoms with Crippen molar-refractivity contribution in [3.8, 4) is 11.6 Å². The van der Waals surface area contributed by atoms with E-state index in [9.17, 15) is 0 Å². The van der Waals surface area contributed by atoms with Crippen LogP contribution in [-0.2, 0) is 0 Å². The Morgan fingerprint density at radius 3 is 3.05 bits per heavy atom. The molecule has 3 rings (SSSR count). The van der Waals surface area contributed by atoms with Crippen LogP contribution in [-0.4, -0.2) is 31.3 Å². The Morgan fingerprint density at radius 1 is 1.32 bits per heavy atom. The summed E-state index contributed by atoms with van der Waals surface area (Å²) in [6, 6.07) is 7.95. The summed E-state index contributed by atoms with van der Waals surface area (Å²) in [7, 11) is 1.67. The van der Waals surface area contributed by atoms with Crippen molar-refractivity contribution >= 4 is 10.8 Å². The van der Waals surface area contributed by atoms with Gasteiger partial charge in [-0.25, -0.2) is 4.98 Å². The second kappa shape index (κ2) is 5.45. The van der Waals surface area contributed by atoms with Gasteiger partial charge >= 0.3 is 0 Å². The summed E-state index contributed by atoms with van der Waals surface area (Å²) in [5.41, 5.74) is 0. The van der Waals surface area contributed by atoms with Crippen LogP contribution in [0.1, 0.15) is 12.8 Å². The van der Waals surface area contributed by atoms with Crippen LogP contribution in [0.2, 0.25) is 0 Å². The van der Waals surface area contributed by atoms with Crippen molar-refractivity contribution in [3.63, 3.8) is 0 Å². The molecule has 0 radical (unpaired) electrons. The topological polar surface area (TPSA) is 43.4 Å². The Kier molecular flexibility index (Phi) is 3.51. The molecule has 0 aliphatic carbocycles. The number of aromatic nitrogens is 1. The van der Waals surface area contributed by atoms with Crippen molar-refractivity contribution in [2.75, 3.05) is 20.2 Å². The minimum atomic E-state index is 0.207. The molecule has 2 aromatic rings. The van der Waals surface area contributed by atoms with Crippen molar-refractivity contribution in [2.45, 2.75) is 18.9 Å². The Labute approximate surface area is 112 Å². The quantitative estimate of drug-likeness (QED) is 0.918. The molecule has 1 N–H and O–H groups in total. The third-order valence-electron chi connectivity index (χ3n) is 3.47. The largest absolute Gasteiger partial charge is 0.497 e. The molecule has 1 aromatic carbocycles. The van der Waals surface area contributed by atoms with Crippen LogP contribution < -0.4 is 14.8 Å². The maximum absolute atomic E-state index is 6.04. The lowest BCUT2D eigenvalue weighted by Crippen LogP contribution is -2.37. The Bertz CT molecular complexity index is 565. The predicted octanol–water partition coefficient (Wildman–Crippen LogP) is 2.37. The molecule has 1 aliphatic rings. The second-order valence-electron chi connectivity index (χ2n) is 4.79. The number of benzene rings is 1. The number of hydrogen-bond acceptors (Lipinski definition) is 4. The lowest BCUT2D eigenvalue weighted by atomic mass is 10.1. The fourth-order valence-corrected chi connectivity index (χ4v) is 2.42. The fourth-order valence-electron chi connectivity index (χ4n) is 2.42. The number of methoxy groups -OCH3 is 1. The SMILES string of the molecule is COc1ccc2ccnc(O[C@H]3CCCNC3)c2c1. The van der Waals surface area contributed by atoms with Crippen LogP contribution >= 0.6 is 0 Å². The number of ether oxygens (including phenoxy) is 2. The van der Waals surface area contributed by atoms with Gasteiger partial charge in [-0.15, -0.1) is 0 Å². The van der Waals surface area contributed by atoms with Gasteiger partial charge in [0, 0.05) is 18.1 Å².